The zero-order valence-electron chi connectivity index (χ0n) is 17.9. The normalized spacial score (nSPS) is 27.7. The predicted octanol–water partition coefficient (Wildman–Crippen LogP) is 4.71. The van der Waals surface area contributed by atoms with Gasteiger partial charge in [0.05, 0.1) is 18.1 Å². The number of hydrogen-bond donors (Lipinski definition) is 1. The zero-order valence-corrected chi connectivity index (χ0v) is 17.9. The van der Waals surface area contributed by atoms with E-state index in [1.54, 1.807) is 6.92 Å². The number of rotatable bonds is 6. The van der Waals surface area contributed by atoms with Crippen LogP contribution in [0.1, 0.15) is 76.7 Å². The molecule has 0 radical (unpaired) electrons. The molecule has 0 spiro atoms. The van der Waals surface area contributed by atoms with Crippen molar-refractivity contribution in [1.82, 2.24) is 5.32 Å². The Hall–Kier alpha value is -1.33. The summed E-state index contributed by atoms with van der Waals surface area (Å²) >= 11 is 0. The fraction of sp³-hybridized carbons (Fsp3) is 0.708. The van der Waals surface area contributed by atoms with Gasteiger partial charge in [-0.3, -0.25) is 4.79 Å². The number of nitrogens with one attached hydrogen (secondary N) is 1. The Bertz CT molecular complexity index is 617. The first-order chi connectivity index (χ1) is 14.2. The lowest BCUT2D eigenvalue weighted by atomic mass is 9.74. The Morgan fingerprint density at radius 2 is 1.45 bits per heavy atom. The lowest BCUT2D eigenvalue weighted by molar-refractivity contribution is -0.119. The molecule has 3 atom stereocenters. The SMILES string of the molecule is CC(=O)NC(Cc1ccccc1)B1O[C@H](C2CCCCC2)[C@@H](C2CCCCC2)O1. The molecular formula is C24H36BNO3. The summed E-state index contributed by atoms with van der Waals surface area (Å²) in [5.41, 5.74) is 1.20. The van der Waals surface area contributed by atoms with Crippen LogP contribution < -0.4 is 5.32 Å². The van der Waals surface area contributed by atoms with Crippen molar-refractivity contribution in [3.8, 4) is 0 Å². The van der Waals surface area contributed by atoms with Crippen molar-refractivity contribution in [2.45, 2.75) is 95.7 Å². The second kappa shape index (κ2) is 10.1. The van der Waals surface area contributed by atoms with Crippen molar-refractivity contribution in [3.05, 3.63) is 35.9 Å². The molecule has 3 fully saturated rings. The number of benzene rings is 1. The van der Waals surface area contributed by atoms with Crippen LogP contribution in [0.15, 0.2) is 30.3 Å². The third kappa shape index (κ3) is 5.43. The van der Waals surface area contributed by atoms with Crippen molar-refractivity contribution in [3.63, 3.8) is 0 Å². The quantitative estimate of drug-likeness (QED) is 0.708. The molecule has 1 aliphatic heterocycles. The van der Waals surface area contributed by atoms with E-state index in [2.05, 4.69) is 17.4 Å². The molecule has 1 amide bonds. The van der Waals surface area contributed by atoms with Gasteiger partial charge < -0.3 is 14.6 Å². The van der Waals surface area contributed by atoms with Crippen molar-refractivity contribution in [2.24, 2.45) is 11.8 Å². The average molecular weight is 397 g/mol. The molecule has 2 aliphatic carbocycles. The van der Waals surface area contributed by atoms with Crippen molar-refractivity contribution < 1.29 is 14.1 Å². The number of amides is 1. The molecule has 2 saturated carbocycles. The van der Waals surface area contributed by atoms with Crippen LogP contribution in [0, 0.1) is 11.8 Å². The number of hydrogen-bond acceptors (Lipinski definition) is 3. The maximum absolute atomic E-state index is 11.9. The largest absolute Gasteiger partial charge is 0.481 e. The summed E-state index contributed by atoms with van der Waals surface area (Å²) in [6.45, 7) is 1.59. The average Bonchev–Trinajstić information content (AvgIpc) is 3.21. The van der Waals surface area contributed by atoms with E-state index in [0.29, 0.717) is 11.8 Å². The van der Waals surface area contributed by atoms with Gasteiger partial charge in [-0.05, 0) is 49.5 Å². The Kier molecular flexibility index (Phi) is 7.31. The molecule has 1 aromatic carbocycles. The molecule has 158 valence electrons. The van der Waals surface area contributed by atoms with Gasteiger partial charge in [0, 0.05) is 6.92 Å². The first-order valence-electron chi connectivity index (χ1n) is 11.8. The Morgan fingerprint density at radius 1 is 0.931 bits per heavy atom. The van der Waals surface area contributed by atoms with Gasteiger partial charge in [0.2, 0.25) is 5.91 Å². The summed E-state index contributed by atoms with van der Waals surface area (Å²) in [5.74, 6) is 1.05. The van der Waals surface area contributed by atoms with Gasteiger partial charge in [0.1, 0.15) is 0 Å². The van der Waals surface area contributed by atoms with Gasteiger partial charge in [0.15, 0.2) is 0 Å². The van der Waals surface area contributed by atoms with E-state index in [0.717, 1.165) is 6.42 Å². The Labute approximate surface area is 176 Å². The first-order valence-corrected chi connectivity index (χ1v) is 11.8. The van der Waals surface area contributed by atoms with Crippen LogP contribution in [-0.2, 0) is 20.5 Å². The van der Waals surface area contributed by atoms with E-state index in [9.17, 15) is 4.79 Å². The fourth-order valence-corrected chi connectivity index (χ4v) is 5.71. The molecule has 4 nitrogen and oxygen atoms in total. The van der Waals surface area contributed by atoms with Crippen LogP contribution in [0.4, 0.5) is 0 Å². The van der Waals surface area contributed by atoms with E-state index in [-0.39, 0.29) is 31.2 Å². The van der Waals surface area contributed by atoms with Crippen molar-refractivity contribution in [1.29, 1.82) is 0 Å². The minimum absolute atomic E-state index is 0.0199. The minimum atomic E-state index is -0.349. The van der Waals surface area contributed by atoms with Gasteiger partial charge in [-0.25, -0.2) is 0 Å². The monoisotopic (exact) mass is 397 g/mol. The van der Waals surface area contributed by atoms with Gasteiger partial charge >= 0.3 is 7.12 Å². The smallest absolute Gasteiger partial charge is 0.404 e. The van der Waals surface area contributed by atoms with Crippen LogP contribution >= 0.6 is 0 Å². The first kappa shape index (κ1) is 20.9. The minimum Gasteiger partial charge on any atom is -0.404 e. The van der Waals surface area contributed by atoms with E-state index in [1.165, 1.54) is 69.8 Å². The molecule has 0 aromatic heterocycles. The summed E-state index contributed by atoms with van der Waals surface area (Å²) in [7, 11) is -0.349. The third-order valence-electron chi connectivity index (χ3n) is 7.15. The molecule has 1 heterocycles. The topological polar surface area (TPSA) is 47.6 Å². The maximum atomic E-state index is 11.9. The molecule has 5 heteroatoms. The summed E-state index contributed by atoms with van der Waals surface area (Å²) in [6.07, 6.45) is 14.1. The summed E-state index contributed by atoms with van der Waals surface area (Å²) in [5, 5.41) is 3.13. The van der Waals surface area contributed by atoms with Crippen molar-refractivity contribution >= 4 is 13.0 Å². The van der Waals surface area contributed by atoms with Gasteiger partial charge in [-0.2, -0.15) is 0 Å². The molecule has 0 bridgehead atoms. The van der Waals surface area contributed by atoms with Crippen LogP contribution in [0.25, 0.3) is 0 Å². The highest BCUT2D eigenvalue weighted by Crippen LogP contribution is 2.40. The maximum Gasteiger partial charge on any atom is 0.481 e. The van der Waals surface area contributed by atoms with Crippen molar-refractivity contribution in [2.75, 3.05) is 0 Å². The predicted molar refractivity (Wildman–Crippen MR) is 116 cm³/mol. The highest BCUT2D eigenvalue weighted by atomic mass is 16.7. The second-order valence-electron chi connectivity index (χ2n) is 9.36. The summed E-state index contributed by atoms with van der Waals surface area (Å²) in [4.78, 5) is 11.9. The lowest BCUT2D eigenvalue weighted by Gasteiger charge is -2.35. The molecule has 29 heavy (non-hydrogen) atoms. The Balaban J connectivity index is 1.51. The van der Waals surface area contributed by atoms with E-state index in [4.69, 9.17) is 9.31 Å². The van der Waals surface area contributed by atoms with Gasteiger partial charge in [-0.1, -0.05) is 68.9 Å². The molecule has 1 aromatic rings. The van der Waals surface area contributed by atoms with Gasteiger partial charge in [0.25, 0.3) is 0 Å². The molecular weight excluding hydrogens is 361 g/mol. The Morgan fingerprint density at radius 3 is 1.93 bits per heavy atom. The van der Waals surface area contributed by atoms with Crippen LogP contribution in [0.3, 0.4) is 0 Å². The third-order valence-corrected chi connectivity index (χ3v) is 7.15. The second-order valence-corrected chi connectivity index (χ2v) is 9.36. The molecule has 1 saturated heterocycles. The molecule has 4 rings (SSSR count). The molecule has 3 aliphatic rings. The highest BCUT2D eigenvalue weighted by molar-refractivity contribution is 6.47. The standard InChI is InChI=1S/C24H36BNO3/c1-18(27)26-22(17-19-11-5-2-6-12-19)25-28-23(20-13-7-3-8-14-20)24(29-25)21-15-9-4-10-16-21/h2,5-6,11-12,20-24H,3-4,7-10,13-17H2,1H3,(H,26,27)/t22?,23-,24-/m1/s1. The zero-order chi connectivity index (χ0) is 20.1. The van der Waals surface area contributed by atoms with Crippen LogP contribution in [0.2, 0.25) is 0 Å². The fourth-order valence-electron chi connectivity index (χ4n) is 5.71. The summed E-state index contributed by atoms with van der Waals surface area (Å²) in [6, 6.07) is 10.3. The number of carbonyl (C=O) groups is 1. The van der Waals surface area contributed by atoms with Crippen LogP contribution in [-0.4, -0.2) is 31.2 Å². The van der Waals surface area contributed by atoms with E-state index >= 15 is 0 Å². The number of carbonyl (C=O) groups excluding carboxylic acids is 1. The molecule has 1 unspecified atom stereocenters. The lowest BCUT2D eigenvalue weighted by Crippen LogP contribution is -2.48. The van der Waals surface area contributed by atoms with E-state index in [1.807, 2.05) is 18.2 Å². The van der Waals surface area contributed by atoms with Gasteiger partial charge in [-0.15, -0.1) is 0 Å². The van der Waals surface area contributed by atoms with Crippen LogP contribution in [0.5, 0.6) is 0 Å². The van der Waals surface area contributed by atoms with E-state index < -0.39 is 0 Å². The summed E-state index contributed by atoms with van der Waals surface area (Å²) < 4.78 is 13.3. The molecule has 1 N–H and O–H groups in total. The highest BCUT2D eigenvalue weighted by Gasteiger charge is 2.50.